The first-order chi connectivity index (χ1) is 9.76. The highest BCUT2D eigenvalue weighted by Crippen LogP contribution is 2.28. The molecule has 0 saturated carbocycles. The molecule has 1 aromatic carbocycles. The average Bonchev–Trinajstić information content (AvgIpc) is 2.50. The van der Waals surface area contributed by atoms with E-state index in [0.717, 1.165) is 18.5 Å². The lowest BCUT2D eigenvalue weighted by Crippen LogP contribution is -2.48. The summed E-state index contributed by atoms with van der Waals surface area (Å²) >= 11 is 0. The SMILES string of the molecule is CCCCN(CCO)C(=O)C1CNc2ccccc2O1. The first kappa shape index (κ1) is 14.7. The maximum Gasteiger partial charge on any atom is 0.265 e. The van der Waals surface area contributed by atoms with Gasteiger partial charge in [-0.25, -0.2) is 0 Å². The largest absolute Gasteiger partial charge is 0.477 e. The van der Waals surface area contributed by atoms with E-state index in [-0.39, 0.29) is 12.5 Å². The second-order valence-electron chi connectivity index (χ2n) is 4.89. The number of anilines is 1. The molecule has 5 heteroatoms. The van der Waals surface area contributed by atoms with Gasteiger partial charge in [0.25, 0.3) is 5.91 Å². The van der Waals surface area contributed by atoms with Crippen molar-refractivity contribution in [3.05, 3.63) is 24.3 Å². The summed E-state index contributed by atoms with van der Waals surface area (Å²) in [6.07, 6.45) is 1.43. The number of ether oxygens (including phenoxy) is 1. The van der Waals surface area contributed by atoms with E-state index in [9.17, 15) is 4.79 Å². The zero-order valence-corrected chi connectivity index (χ0v) is 11.8. The van der Waals surface area contributed by atoms with Crippen LogP contribution in [0.4, 0.5) is 5.69 Å². The topological polar surface area (TPSA) is 61.8 Å². The highest BCUT2D eigenvalue weighted by atomic mass is 16.5. The maximum absolute atomic E-state index is 12.5. The van der Waals surface area contributed by atoms with Crippen LogP contribution in [-0.4, -0.2) is 48.3 Å². The second-order valence-corrected chi connectivity index (χ2v) is 4.89. The predicted octanol–water partition coefficient (Wildman–Crippen LogP) is 1.48. The van der Waals surface area contributed by atoms with Crippen LogP contribution in [0, 0.1) is 0 Å². The van der Waals surface area contributed by atoms with Crippen molar-refractivity contribution >= 4 is 11.6 Å². The zero-order valence-electron chi connectivity index (χ0n) is 11.8. The number of hydrogen-bond donors (Lipinski definition) is 2. The highest BCUT2D eigenvalue weighted by Gasteiger charge is 2.29. The summed E-state index contributed by atoms with van der Waals surface area (Å²) in [7, 11) is 0. The molecule has 0 saturated heterocycles. The van der Waals surface area contributed by atoms with Gasteiger partial charge in [0.15, 0.2) is 6.10 Å². The molecule has 5 nitrogen and oxygen atoms in total. The number of carbonyl (C=O) groups is 1. The monoisotopic (exact) mass is 278 g/mol. The Balaban J connectivity index is 2.01. The van der Waals surface area contributed by atoms with Gasteiger partial charge in [0.1, 0.15) is 5.75 Å². The molecule has 1 aliphatic rings. The number of rotatable bonds is 6. The van der Waals surface area contributed by atoms with Gasteiger partial charge in [-0.1, -0.05) is 25.5 Å². The minimum atomic E-state index is -0.520. The molecule has 1 unspecified atom stereocenters. The minimum absolute atomic E-state index is 0.0216. The smallest absolute Gasteiger partial charge is 0.265 e. The molecule has 0 spiro atoms. The molecule has 0 aromatic heterocycles. The number of aliphatic hydroxyl groups excluding tert-OH is 1. The molecule has 0 aliphatic carbocycles. The van der Waals surface area contributed by atoms with Gasteiger partial charge in [-0.05, 0) is 18.6 Å². The minimum Gasteiger partial charge on any atom is -0.477 e. The van der Waals surface area contributed by atoms with Crippen LogP contribution in [0.25, 0.3) is 0 Å². The summed E-state index contributed by atoms with van der Waals surface area (Å²) in [5, 5.41) is 12.3. The van der Waals surface area contributed by atoms with Crippen molar-refractivity contribution in [2.75, 3.05) is 31.6 Å². The number of para-hydroxylation sites is 2. The van der Waals surface area contributed by atoms with Crippen molar-refractivity contribution in [1.29, 1.82) is 0 Å². The van der Waals surface area contributed by atoms with Crippen molar-refractivity contribution < 1.29 is 14.6 Å². The molecule has 2 rings (SSSR count). The van der Waals surface area contributed by atoms with E-state index in [1.165, 1.54) is 0 Å². The predicted molar refractivity (Wildman–Crippen MR) is 77.9 cm³/mol. The fourth-order valence-electron chi connectivity index (χ4n) is 2.26. The summed E-state index contributed by atoms with van der Waals surface area (Å²) in [6.45, 7) is 3.55. The Morgan fingerprint density at radius 3 is 3.00 bits per heavy atom. The Morgan fingerprint density at radius 2 is 2.25 bits per heavy atom. The Bertz CT molecular complexity index is 450. The van der Waals surface area contributed by atoms with E-state index < -0.39 is 6.10 Å². The Hall–Kier alpha value is -1.75. The summed E-state index contributed by atoms with van der Waals surface area (Å²) in [5.41, 5.74) is 0.916. The lowest BCUT2D eigenvalue weighted by molar-refractivity contribution is -0.138. The van der Waals surface area contributed by atoms with Gasteiger partial charge >= 0.3 is 0 Å². The molecular weight excluding hydrogens is 256 g/mol. The summed E-state index contributed by atoms with van der Waals surface area (Å²) in [6, 6.07) is 7.59. The molecule has 0 radical (unpaired) electrons. The van der Waals surface area contributed by atoms with Crippen LogP contribution in [0.5, 0.6) is 5.75 Å². The molecule has 1 atom stereocenters. The molecule has 1 amide bonds. The Morgan fingerprint density at radius 1 is 1.45 bits per heavy atom. The van der Waals surface area contributed by atoms with Crippen LogP contribution < -0.4 is 10.1 Å². The lowest BCUT2D eigenvalue weighted by Gasteiger charge is -2.31. The van der Waals surface area contributed by atoms with Gasteiger partial charge in [-0.15, -0.1) is 0 Å². The van der Waals surface area contributed by atoms with Crippen LogP contribution in [0.15, 0.2) is 24.3 Å². The third-order valence-corrected chi connectivity index (χ3v) is 3.37. The number of benzene rings is 1. The van der Waals surface area contributed by atoms with Crippen LogP contribution in [0.2, 0.25) is 0 Å². The Labute approximate surface area is 119 Å². The van der Waals surface area contributed by atoms with E-state index in [0.29, 0.717) is 25.4 Å². The number of unbranched alkanes of at least 4 members (excludes halogenated alkanes) is 1. The van der Waals surface area contributed by atoms with Crippen molar-refractivity contribution in [3.63, 3.8) is 0 Å². The van der Waals surface area contributed by atoms with Crippen molar-refractivity contribution in [1.82, 2.24) is 4.90 Å². The average molecular weight is 278 g/mol. The second kappa shape index (κ2) is 7.14. The summed E-state index contributed by atoms with van der Waals surface area (Å²) in [5.74, 6) is 0.644. The molecule has 0 bridgehead atoms. The highest BCUT2D eigenvalue weighted by molar-refractivity contribution is 5.83. The Kier molecular flexibility index (Phi) is 5.24. The molecule has 1 heterocycles. The number of aliphatic hydroxyl groups is 1. The first-order valence-corrected chi connectivity index (χ1v) is 7.15. The molecular formula is C15H22N2O3. The summed E-state index contributed by atoms with van der Waals surface area (Å²) < 4.78 is 5.77. The van der Waals surface area contributed by atoms with Gasteiger partial charge < -0.3 is 20.1 Å². The van der Waals surface area contributed by atoms with Gasteiger partial charge in [-0.3, -0.25) is 4.79 Å². The van der Waals surface area contributed by atoms with Crippen LogP contribution in [0.3, 0.4) is 0 Å². The first-order valence-electron chi connectivity index (χ1n) is 7.15. The van der Waals surface area contributed by atoms with E-state index in [4.69, 9.17) is 9.84 Å². The van der Waals surface area contributed by atoms with Crippen molar-refractivity contribution in [2.45, 2.75) is 25.9 Å². The third-order valence-electron chi connectivity index (χ3n) is 3.37. The van der Waals surface area contributed by atoms with Gasteiger partial charge in [-0.2, -0.15) is 0 Å². The number of carbonyl (C=O) groups excluding carboxylic acids is 1. The molecule has 2 N–H and O–H groups in total. The van der Waals surface area contributed by atoms with Crippen LogP contribution in [0.1, 0.15) is 19.8 Å². The van der Waals surface area contributed by atoms with Gasteiger partial charge in [0, 0.05) is 13.1 Å². The fourth-order valence-corrected chi connectivity index (χ4v) is 2.26. The normalized spacial score (nSPS) is 16.8. The van der Waals surface area contributed by atoms with Crippen molar-refractivity contribution in [3.8, 4) is 5.75 Å². The standard InChI is InChI=1S/C15H22N2O3/c1-2-3-8-17(9-10-18)15(19)14-11-16-12-6-4-5-7-13(12)20-14/h4-7,14,16,18H,2-3,8-11H2,1H3. The molecule has 1 aromatic rings. The quantitative estimate of drug-likeness (QED) is 0.827. The molecule has 20 heavy (non-hydrogen) atoms. The van der Waals surface area contributed by atoms with Gasteiger partial charge in [0.05, 0.1) is 18.8 Å². The fraction of sp³-hybridized carbons (Fsp3) is 0.533. The van der Waals surface area contributed by atoms with Crippen LogP contribution in [-0.2, 0) is 4.79 Å². The lowest BCUT2D eigenvalue weighted by atomic mass is 10.2. The van der Waals surface area contributed by atoms with E-state index in [2.05, 4.69) is 12.2 Å². The molecule has 0 fully saturated rings. The number of amides is 1. The van der Waals surface area contributed by atoms with E-state index in [1.54, 1.807) is 4.90 Å². The van der Waals surface area contributed by atoms with Crippen LogP contribution >= 0.6 is 0 Å². The molecule has 1 aliphatic heterocycles. The molecule has 110 valence electrons. The maximum atomic E-state index is 12.5. The number of fused-ring (bicyclic) bond motifs is 1. The van der Waals surface area contributed by atoms with E-state index in [1.807, 2.05) is 24.3 Å². The third kappa shape index (κ3) is 3.42. The van der Waals surface area contributed by atoms with Crippen molar-refractivity contribution in [2.24, 2.45) is 0 Å². The number of nitrogens with zero attached hydrogens (tertiary/aromatic N) is 1. The number of hydrogen-bond acceptors (Lipinski definition) is 4. The van der Waals surface area contributed by atoms with E-state index >= 15 is 0 Å². The van der Waals surface area contributed by atoms with Gasteiger partial charge in [0.2, 0.25) is 0 Å². The zero-order chi connectivity index (χ0) is 14.4. The number of nitrogens with one attached hydrogen (secondary N) is 1. The summed E-state index contributed by atoms with van der Waals surface area (Å²) in [4.78, 5) is 14.1.